The third kappa shape index (κ3) is 6.19. The van der Waals surface area contributed by atoms with Crippen LogP contribution in [-0.4, -0.2) is 56.8 Å². The predicted octanol–water partition coefficient (Wildman–Crippen LogP) is 4.00. The first kappa shape index (κ1) is 25.3. The zero-order chi connectivity index (χ0) is 25.2. The standard InChI is InChI=1S/C22H24N8O3.C2H6/c1-4-33-21(31)15-12-24-22(27-17-10-5-6-11-23-17)28-20(15)26-16-9-7-8-14(18(16)32-3)19-25-13-30(2)29-19;1-2/h5,7-10,12-13H,4,6,11H2,1-3H3,(H2,23,24,26,27,28);1-2H3. The highest BCUT2D eigenvalue weighted by molar-refractivity contribution is 6.03. The summed E-state index contributed by atoms with van der Waals surface area (Å²) in [5.74, 6) is 1.68. The summed E-state index contributed by atoms with van der Waals surface area (Å²) in [6.45, 7) is 6.65. The first-order valence-electron chi connectivity index (χ1n) is 11.4. The number of methoxy groups -OCH3 is 1. The molecule has 0 bridgehead atoms. The van der Waals surface area contributed by atoms with E-state index in [1.165, 1.54) is 6.20 Å². The Hall–Kier alpha value is -4.28. The van der Waals surface area contributed by atoms with E-state index in [9.17, 15) is 4.79 Å². The minimum atomic E-state index is -0.539. The summed E-state index contributed by atoms with van der Waals surface area (Å²) in [6, 6.07) is 5.50. The molecular formula is C24H30N8O3. The van der Waals surface area contributed by atoms with Gasteiger partial charge in [0.2, 0.25) is 5.95 Å². The number of carbonyl (C=O) groups is 1. The van der Waals surface area contributed by atoms with Crippen molar-refractivity contribution in [2.24, 2.45) is 12.0 Å². The maximum atomic E-state index is 12.6. The van der Waals surface area contributed by atoms with Crippen molar-refractivity contribution in [3.63, 3.8) is 0 Å². The number of aliphatic imine (C=N–C) groups is 1. The molecule has 184 valence electrons. The molecule has 0 unspecified atom stereocenters. The van der Waals surface area contributed by atoms with Gasteiger partial charge in [0.1, 0.15) is 17.7 Å². The van der Waals surface area contributed by atoms with E-state index in [1.54, 1.807) is 32.1 Å². The van der Waals surface area contributed by atoms with Crippen molar-refractivity contribution in [1.29, 1.82) is 0 Å². The van der Waals surface area contributed by atoms with Gasteiger partial charge in [0.25, 0.3) is 0 Å². The van der Waals surface area contributed by atoms with Crippen LogP contribution in [0.2, 0.25) is 0 Å². The van der Waals surface area contributed by atoms with E-state index in [2.05, 4.69) is 35.7 Å². The Morgan fingerprint density at radius 3 is 2.69 bits per heavy atom. The van der Waals surface area contributed by atoms with Crippen LogP contribution in [0.1, 0.15) is 37.6 Å². The molecule has 0 amide bonds. The lowest BCUT2D eigenvalue weighted by Gasteiger charge is -2.16. The van der Waals surface area contributed by atoms with Crippen molar-refractivity contribution < 1.29 is 14.3 Å². The summed E-state index contributed by atoms with van der Waals surface area (Å²) >= 11 is 0. The lowest BCUT2D eigenvalue weighted by Crippen LogP contribution is -2.17. The highest BCUT2D eigenvalue weighted by atomic mass is 16.5. The van der Waals surface area contributed by atoms with Crippen LogP contribution in [0, 0.1) is 0 Å². The SMILES string of the molecule is CC.CCOC(=O)c1cnc(NC2=NCCC=C2)nc1Nc1cccc(-c2ncn(C)n2)c1OC. The Kier molecular flexibility index (Phi) is 8.88. The summed E-state index contributed by atoms with van der Waals surface area (Å²) < 4.78 is 12.4. The fraction of sp³-hybridized carbons (Fsp3) is 0.333. The molecule has 0 spiro atoms. The van der Waals surface area contributed by atoms with Gasteiger partial charge in [-0.05, 0) is 31.6 Å². The van der Waals surface area contributed by atoms with Crippen LogP contribution >= 0.6 is 0 Å². The molecule has 3 aromatic rings. The highest BCUT2D eigenvalue weighted by Gasteiger charge is 2.20. The van der Waals surface area contributed by atoms with Crippen molar-refractivity contribution in [3.05, 3.63) is 48.4 Å². The van der Waals surface area contributed by atoms with Crippen LogP contribution in [0.3, 0.4) is 0 Å². The largest absolute Gasteiger partial charge is 0.494 e. The van der Waals surface area contributed by atoms with Gasteiger partial charge < -0.3 is 20.1 Å². The number of nitrogens with one attached hydrogen (secondary N) is 2. The number of anilines is 3. The monoisotopic (exact) mass is 478 g/mol. The number of carbonyl (C=O) groups excluding carboxylic acids is 1. The molecule has 0 saturated carbocycles. The van der Waals surface area contributed by atoms with E-state index in [-0.39, 0.29) is 23.9 Å². The molecule has 2 N–H and O–H groups in total. The predicted molar refractivity (Wildman–Crippen MR) is 135 cm³/mol. The Morgan fingerprint density at radius 1 is 1.20 bits per heavy atom. The number of para-hydroxylation sites is 1. The number of esters is 1. The van der Waals surface area contributed by atoms with Gasteiger partial charge in [-0.2, -0.15) is 10.1 Å². The molecule has 3 heterocycles. The second-order valence-electron chi connectivity index (χ2n) is 7.01. The molecule has 0 saturated heterocycles. The van der Waals surface area contributed by atoms with Crippen molar-refractivity contribution in [1.82, 2.24) is 24.7 Å². The molecule has 0 radical (unpaired) electrons. The molecule has 2 aromatic heterocycles. The fourth-order valence-corrected chi connectivity index (χ4v) is 3.22. The second-order valence-corrected chi connectivity index (χ2v) is 7.01. The Balaban J connectivity index is 0.00000167. The molecule has 0 atom stereocenters. The van der Waals surface area contributed by atoms with Crippen molar-refractivity contribution in [2.75, 3.05) is 30.9 Å². The van der Waals surface area contributed by atoms with Gasteiger partial charge in [-0.25, -0.2) is 14.8 Å². The van der Waals surface area contributed by atoms with Gasteiger partial charge in [0.15, 0.2) is 17.4 Å². The average Bonchev–Trinajstić information content (AvgIpc) is 3.32. The third-order valence-electron chi connectivity index (χ3n) is 4.69. The van der Waals surface area contributed by atoms with Crippen molar-refractivity contribution in [2.45, 2.75) is 27.2 Å². The topological polar surface area (TPSA) is 128 Å². The number of rotatable bonds is 7. The number of ether oxygens (including phenoxy) is 2. The second kappa shape index (κ2) is 12.3. The maximum Gasteiger partial charge on any atom is 0.343 e. The summed E-state index contributed by atoms with van der Waals surface area (Å²) in [7, 11) is 3.34. The minimum absolute atomic E-state index is 0.187. The molecule has 11 heteroatoms. The van der Waals surface area contributed by atoms with Gasteiger partial charge in [-0.15, -0.1) is 0 Å². The third-order valence-corrected chi connectivity index (χ3v) is 4.69. The molecule has 0 aliphatic carbocycles. The smallest absolute Gasteiger partial charge is 0.343 e. The van der Waals surface area contributed by atoms with E-state index >= 15 is 0 Å². The molecule has 4 rings (SSSR count). The zero-order valence-corrected chi connectivity index (χ0v) is 20.6. The summed E-state index contributed by atoms with van der Waals surface area (Å²) in [4.78, 5) is 30.0. The number of amidine groups is 1. The minimum Gasteiger partial charge on any atom is -0.494 e. The van der Waals surface area contributed by atoms with Gasteiger partial charge >= 0.3 is 5.97 Å². The summed E-state index contributed by atoms with van der Waals surface area (Å²) in [5, 5.41) is 10.6. The van der Waals surface area contributed by atoms with Gasteiger partial charge in [-0.3, -0.25) is 9.67 Å². The number of benzene rings is 1. The molecule has 35 heavy (non-hydrogen) atoms. The lowest BCUT2D eigenvalue weighted by molar-refractivity contribution is 0.0526. The number of aromatic nitrogens is 5. The molecule has 11 nitrogen and oxygen atoms in total. The van der Waals surface area contributed by atoms with Gasteiger partial charge in [0, 0.05) is 19.8 Å². The van der Waals surface area contributed by atoms with Crippen molar-refractivity contribution >= 4 is 29.3 Å². The van der Waals surface area contributed by atoms with Gasteiger partial charge in [-0.1, -0.05) is 26.0 Å². The molecule has 0 fully saturated rings. The van der Waals surface area contributed by atoms with Crippen LogP contribution in [0.5, 0.6) is 5.75 Å². The first-order chi connectivity index (χ1) is 17.1. The van der Waals surface area contributed by atoms with Crippen LogP contribution < -0.4 is 15.4 Å². The summed E-state index contributed by atoms with van der Waals surface area (Å²) in [6.07, 6.45) is 7.80. The van der Waals surface area contributed by atoms with E-state index in [0.29, 0.717) is 35.2 Å². The van der Waals surface area contributed by atoms with Gasteiger partial charge in [0.05, 0.1) is 25.0 Å². The van der Waals surface area contributed by atoms with E-state index in [0.717, 1.165) is 6.42 Å². The summed E-state index contributed by atoms with van der Waals surface area (Å²) in [5.41, 5.74) is 1.45. The Morgan fingerprint density at radius 2 is 2.03 bits per heavy atom. The molecule has 1 aliphatic heterocycles. The Bertz CT molecular complexity index is 1220. The normalized spacial score (nSPS) is 12.2. The molecule has 1 aromatic carbocycles. The average molecular weight is 479 g/mol. The highest BCUT2D eigenvalue weighted by Crippen LogP contribution is 2.36. The first-order valence-corrected chi connectivity index (χ1v) is 11.4. The Labute approximate surface area is 204 Å². The van der Waals surface area contributed by atoms with E-state index in [1.807, 2.05) is 44.2 Å². The number of hydrogen-bond acceptors (Lipinski definition) is 10. The van der Waals surface area contributed by atoms with E-state index in [4.69, 9.17) is 9.47 Å². The quantitative estimate of drug-likeness (QED) is 0.484. The van der Waals surface area contributed by atoms with Crippen molar-refractivity contribution in [3.8, 4) is 17.1 Å². The lowest BCUT2D eigenvalue weighted by atomic mass is 10.1. The molecule has 1 aliphatic rings. The number of aryl methyl sites for hydroxylation is 1. The van der Waals surface area contributed by atoms with Crippen LogP contribution in [-0.2, 0) is 11.8 Å². The number of dihydropyridines is 1. The van der Waals surface area contributed by atoms with Crippen LogP contribution in [0.25, 0.3) is 11.4 Å². The number of nitrogens with zero attached hydrogens (tertiary/aromatic N) is 6. The van der Waals surface area contributed by atoms with Crippen LogP contribution in [0.4, 0.5) is 17.5 Å². The van der Waals surface area contributed by atoms with E-state index < -0.39 is 5.97 Å². The fourth-order valence-electron chi connectivity index (χ4n) is 3.22. The molecular weight excluding hydrogens is 448 g/mol. The number of hydrogen-bond donors (Lipinski definition) is 2. The van der Waals surface area contributed by atoms with Crippen LogP contribution in [0.15, 0.2) is 47.9 Å². The zero-order valence-electron chi connectivity index (χ0n) is 20.6. The maximum absolute atomic E-state index is 12.6.